The van der Waals surface area contributed by atoms with Crippen LogP contribution in [0.5, 0.6) is 0 Å². The van der Waals surface area contributed by atoms with Crippen LogP contribution in [0.25, 0.3) is 10.9 Å². The molecule has 0 radical (unpaired) electrons. The molecule has 0 unspecified atom stereocenters. The summed E-state index contributed by atoms with van der Waals surface area (Å²) in [5.74, 6) is 0.743. The number of methoxy groups -OCH3 is 1. The topological polar surface area (TPSA) is 78.1 Å². The van der Waals surface area contributed by atoms with Crippen LogP contribution < -0.4 is 5.73 Å². The summed E-state index contributed by atoms with van der Waals surface area (Å²) >= 11 is 1.68. The lowest BCUT2D eigenvalue weighted by Crippen LogP contribution is -2.13. The van der Waals surface area contributed by atoms with Crippen molar-refractivity contribution >= 4 is 34.3 Å². The maximum atomic E-state index is 11.5. The van der Waals surface area contributed by atoms with E-state index >= 15 is 0 Å². The number of carbonyl (C=O) groups excluding carboxylic acids is 1. The Balaban J connectivity index is 1.75. The van der Waals surface area contributed by atoms with Gasteiger partial charge in [-0.3, -0.25) is 4.79 Å². The molecule has 21 heavy (non-hydrogen) atoms. The standard InChI is InChI=1S/C15H17N3O2S/c1-20-13(19)7-15(4-5-15)8-21-14-11-3-2-10(16)6-12(11)17-9-18-14/h2-3,6,9H,4-5,7-8,16H2,1H3. The summed E-state index contributed by atoms with van der Waals surface area (Å²) in [6, 6.07) is 5.66. The predicted octanol–water partition coefficient (Wildman–Crippen LogP) is 2.65. The third kappa shape index (κ3) is 3.10. The van der Waals surface area contributed by atoms with Gasteiger partial charge in [-0.15, -0.1) is 11.8 Å². The smallest absolute Gasteiger partial charge is 0.306 e. The van der Waals surface area contributed by atoms with Crippen molar-refractivity contribution in [2.75, 3.05) is 18.6 Å². The summed E-state index contributed by atoms with van der Waals surface area (Å²) in [5, 5.41) is 1.95. The highest BCUT2D eigenvalue weighted by Crippen LogP contribution is 2.52. The third-order valence-corrected chi connectivity index (χ3v) is 5.20. The van der Waals surface area contributed by atoms with Crippen molar-refractivity contribution in [1.29, 1.82) is 0 Å². The highest BCUT2D eigenvalue weighted by molar-refractivity contribution is 7.99. The van der Waals surface area contributed by atoms with E-state index in [-0.39, 0.29) is 11.4 Å². The Bertz CT molecular complexity index is 686. The lowest BCUT2D eigenvalue weighted by Gasteiger charge is -2.13. The predicted molar refractivity (Wildman–Crippen MR) is 83.0 cm³/mol. The second-order valence-electron chi connectivity index (χ2n) is 5.50. The van der Waals surface area contributed by atoms with Gasteiger partial charge in [-0.25, -0.2) is 9.97 Å². The maximum absolute atomic E-state index is 11.5. The van der Waals surface area contributed by atoms with E-state index in [1.54, 1.807) is 18.1 Å². The SMILES string of the molecule is COC(=O)CC1(CSc2ncnc3cc(N)ccc23)CC1. The molecule has 1 aromatic carbocycles. The van der Waals surface area contributed by atoms with Crippen LogP contribution >= 0.6 is 11.8 Å². The molecule has 3 rings (SSSR count). The maximum Gasteiger partial charge on any atom is 0.306 e. The largest absolute Gasteiger partial charge is 0.469 e. The number of carbonyl (C=O) groups is 1. The Kier molecular flexibility index (Phi) is 3.71. The number of ether oxygens (including phenoxy) is 1. The summed E-state index contributed by atoms with van der Waals surface area (Å²) < 4.78 is 4.77. The number of nitrogen functional groups attached to an aromatic ring is 1. The number of nitrogens with two attached hydrogens (primary N) is 1. The second-order valence-corrected chi connectivity index (χ2v) is 6.46. The Hall–Kier alpha value is -1.82. The molecule has 0 aliphatic heterocycles. The Labute approximate surface area is 127 Å². The van der Waals surface area contributed by atoms with Crippen molar-refractivity contribution in [2.24, 2.45) is 5.41 Å². The number of hydrogen-bond donors (Lipinski definition) is 1. The fourth-order valence-corrected chi connectivity index (χ4v) is 3.60. The summed E-state index contributed by atoms with van der Waals surface area (Å²) in [6.07, 6.45) is 4.20. The van der Waals surface area contributed by atoms with Crippen LogP contribution in [0, 0.1) is 5.41 Å². The van der Waals surface area contributed by atoms with E-state index in [0.717, 1.165) is 34.5 Å². The number of esters is 1. The molecule has 1 saturated carbocycles. The quantitative estimate of drug-likeness (QED) is 0.396. The van der Waals surface area contributed by atoms with Crippen molar-refractivity contribution in [2.45, 2.75) is 24.3 Å². The number of aromatic nitrogens is 2. The van der Waals surface area contributed by atoms with Crippen molar-refractivity contribution in [1.82, 2.24) is 9.97 Å². The molecule has 1 aromatic heterocycles. The van der Waals surface area contributed by atoms with E-state index in [1.807, 2.05) is 18.2 Å². The molecule has 1 fully saturated rings. The van der Waals surface area contributed by atoms with E-state index in [4.69, 9.17) is 10.5 Å². The van der Waals surface area contributed by atoms with Crippen LogP contribution in [0.3, 0.4) is 0 Å². The van der Waals surface area contributed by atoms with Crippen LogP contribution in [0.15, 0.2) is 29.6 Å². The van der Waals surface area contributed by atoms with Crippen molar-refractivity contribution in [3.05, 3.63) is 24.5 Å². The molecule has 6 heteroatoms. The number of rotatable bonds is 5. The van der Waals surface area contributed by atoms with Gasteiger partial charge in [0.25, 0.3) is 0 Å². The Morgan fingerprint density at radius 1 is 1.43 bits per heavy atom. The zero-order chi connectivity index (χ0) is 14.9. The molecule has 0 atom stereocenters. The number of hydrogen-bond acceptors (Lipinski definition) is 6. The molecule has 5 nitrogen and oxygen atoms in total. The Morgan fingerprint density at radius 2 is 2.24 bits per heavy atom. The van der Waals surface area contributed by atoms with Gasteiger partial charge >= 0.3 is 5.97 Å². The van der Waals surface area contributed by atoms with Gasteiger partial charge in [0.1, 0.15) is 11.4 Å². The summed E-state index contributed by atoms with van der Waals surface area (Å²) in [4.78, 5) is 20.1. The van der Waals surface area contributed by atoms with Crippen LogP contribution in [0.1, 0.15) is 19.3 Å². The fourth-order valence-electron chi connectivity index (χ4n) is 2.31. The second kappa shape index (κ2) is 5.52. The summed E-state index contributed by atoms with van der Waals surface area (Å²) in [6.45, 7) is 0. The van der Waals surface area contributed by atoms with Crippen LogP contribution in [0.2, 0.25) is 0 Å². The third-order valence-electron chi connectivity index (χ3n) is 3.84. The van der Waals surface area contributed by atoms with E-state index in [2.05, 4.69) is 9.97 Å². The number of benzene rings is 1. The van der Waals surface area contributed by atoms with Crippen LogP contribution in [-0.2, 0) is 9.53 Å². The number of anilines is 1. The molecule has 1 aliphatic carbocycles. The minimum Gasteiger partial charge on any atom is -0.469 e. The molecule has 1 aliphatic rings. The molecule has 0 saturated heterocycles. The van der Waals surface area contributed by atoms with Gasteiger partial charge in [0.15, 0.2) is 0 Å². The first-order chi connectivity index (χ1) is 10.1. The normalized spacial score (nSPS) is 15.9. The molecule has 2 N–H and O–H groups in total. The number of thioether (sulfide) groups is 1. The van der Waals surface area contributed by atoms with Gasteiger partial charge in [0.2, 0.25) is 0 Å². The molecule has 0 amide bonds. The monoisotopic (exact) mass is 303 g/mol. The van der Waals surface area contributed by atoms with E-state index in [0.29, 0.717) is 12.1 Å². The van der Waals surface area contributed by atoms with Crippen LogP contribution in [0.4, 0.5) is 5.69 Å². The highest BCUT2D eigenvalue weighted by atomic mass is 32.2. The summed E-state index contributed by atoms with van der Waals surface area (Å²) in [7, 11) is 1.44. The highest BCUT2D eigenvalue weighted by Gasteiger charge is 2.44. The zero-order valence-corrected chi connectivity index (χ0v) is 12.7. The average molecular weight is 303 g/mol. The molecule has 1 heterocycles. The van der Waals surface area contributed by atoms with Crippen LogP contribution in [-0.4, -0.2) is 28.8 Å². The average Bonchev–Trinajstić information content (AvgIpc) is 3.24. The molecule has 2 aromatic rings. The number of nitrogens with zero attached hydrogens (tertiary/aromatic N) is 2. The van der Waals surface area contributed by atoms with Crippen molar-refractivity contribution < 1.29 is 9.53 Å². The van der Waals surface area contributed by atoms with Gasteiger partial charge in [0, 0.05) is 16.8 Å². The Morgan fingerprint density at radius 3 is 2.95 bits per heavy atom. The first-order valence-corrected chi connectivity index (χ1v) is 7.80. The number of fused-ring (bicyclic) bond motifs is 1. The van der Waals surface area contributed by atoms with Gasteiger partial charge < -0.3 is 10.5 Å². The molecular weight excluding hydrogens is 286 g/mol. The van der Waals surface area contributed by atoms with E-state index in [1.165, 1.54) is 7.11 Å². The van der Waals surface area contributed by atoms with E-state index in [9.17, 15) is 4.79 Å². The van der Waals surface area contributed by atoms with Crippen molar-refractivity contribution in [3.8, 4) is 0 Å². The van der Waals surface area contributed by atoms with E-state index < -0.39 is 0 Å². The lowest BCUT2D eigenvalue weighted by molar-refractivity contribution is -0.141. The van der Waals surface area contributed by atoms with Gasteiger partial charge in [-0.1, -0.05) is 0 Å². The first-order valence-electron chi connectivity index (χ1n) is 6.82. The van der Waals surface area contributed by atoms with Gasteiger partial charge in [-0.2, -0.15) is 0 Å². The zero-order valence-electron chi connectivity index (χ0n) is 11.8. The fraction of sp³-hybridized carbons (Fsp3) is 0.400. The van der Waals surface area contributed by atoms with Crippen molar-refractivity contribution in [3.63, 3.8) is 0 Å². The molecular formula is C15H17N3O2S. The lowest BCUT2D eigenvalue weighted by atomic mass is 10.1. The molecule has 110 valence electrons. The minimum atomic E-state index is -0.131. The molecule has 0 spiro atoms. The summed E-state index contributed by atoms with van der Waals surface area (Å²) in [5.41, 5.74) is 7.41. The molecule has 0 bridgehead atoms. The first kappa shape index (κ1) is 14.1. The van der Waals surface area contributed by atoms with Gasteiger partial charge in [0.05, 0.1) is 19.0 Å². The van der Waals surface area contributed by atoms with Gasteiger partial charge in [-0.05, 0) is 36.5 Å². The minimum absolute atomic E-state index is 0.0862.